The maximum absolute atomic E-state index is 14.5. The molecular formula is C19H19F2N5O. The molecule has 2 N–H and O–H groups in total. The Bertz CT molecular complexity index is 887. The van der Waals surface area contributed by atoms with Crippen molar-refractivity contribution in [3.05, 3.63) is 48.0 Å². The molecule has 2 aromatic carbocycles. The smallest absolute Gasteiger partial charge is 0.204 e. The van der Waals surface area contributed by atoms with Gasteiger partial charge in [-0.2, -0.15) is 5.21 Å². The largest absolute Gasteiger partial charge is 0.487 e. The van der Waals surface area contributed by atoms with Crippen molar-refractivity contribution in [2.45, 2.75) is 12.8 Å². The lowest BCUT2D eigenvalue weighted by Crippen LogP contribution is -2.30. The van der Waals surface area contributed by atoms with Gasteiger partial charge in [-0.25, -0.2) is 8.78 Å². The summed E-state index contributed by atoms with van der Waals surface area (Å²) in [4.78, 5) is 0. The number of aromatic nitrogens is 4. The molecule has 0 spiro atoms. The van der Waals surface area contributed by atoms with Crippen LogP contribution in [0, 0.1) is 17.6 Å². The molecule has 0 aliphatic carbocycles. The summed E-state index contributed by atoms with van der Waals surface area (Å²) < 4.78 is 34.5. The monoisotopic (exact) mass is 371 g/mol. The number of H-pyrrole nitrogens is 1. The van der Waals surface area contributed by atoms with Crippen LogP contribution in [0.1, 0.15) is 12.8 Å². The number of benzene rings is 2. The van der Waals surface area contributed by atoms with Crippen LogP contribution in [0.2, 0.25) is 0 Å². The van der Waals surface area contributed by atoms with E-state index >= 15 is 0 Å². The summed E-state index contributed by atoms with van der Waals surface area (Å²) in [6, 6.07) is 9.68. The first-order chi connectivity index (χ1) is 13.2. The van der Waals surface area contributed by atoms with Gasteiger partial charge in [0.1, 0.15) is 0 Å². The van der Waals surface area contributed by atoms with Crippen molar-refractivity contribution in [2.24, 2.45) is 5.92 Å². The molecule has 0 unspecified atom stereocenters. The van der Waals surface area contributed by atoms with E-state index in [0.29, 0.717) is 35.0 Å². The molecule has 1 aliphatic heterocycles. The van der Waals surface area contributed by atoms with Gasteiger partial charge in [-0.3, -0.25) is 0 Å². The van der Waals surface area contributed by atoms with E-state index in [2.05, 4.69) is 25.9 Å². The van der Waals surface area contributed by atoms with Crippen LogP contribution in [0.4, 0.5) is 8.78 Å². The average molecular weight is 371 g/mol. The lowest BCUT2D eigenvalue weighted by atomic mass is 9.99. The van der Waals surface area contributed by atoms with Gasteiger partial charge in [0.05, 0.1) is 6.61 Å². The number of rotatable bonds is 5. The zero-order chi connectivity index (χ0) is 18.6. The van der Waals surface area contributed by atoms with Crippen LogP contribution in [-0.2, 0) is 0 Å². The predicted octanol–water partition coefficient (Wildman–Crippen LogP) is 3.19. The van der Waals surface area contributed by atoms with E-state index in [4.69, 9.17) is 4.74 Å². The Labute approximate surface area is 154 Å². The summed E-state index contributed by atoms with van der Waals surface area (Å²) in [6.45, 7) is 2.14. The minimum atomic E-state index is -0.705. The summed E-state index contributed by atoms with van der Waals surface area (Å²) in [5, 5.41) is 17.0. The van der Waals surface area contributed by atoms with E-state index in [0.717, 1.165) is 25.9 Å². The lowest BCUT2D eigenvalue weighted by Gasteiger charge is -2.23. The number of hydrogen-bond donors (Lipinski definition) is 2. The molecule has 0 saturated carbocycles. The molecule has 27 heavy (non-hydrogen) atoms. The first kappa shape index (κ1) is 17.5. The summed E-state index contributed by atoms with van der Waals surface area (Å²) in [5.41, 5.74) is 1.78. The van der Waals surface area contributed by atoms with Gasteiger partial charge in [-0.05, 0) is 66.4 Å². The molecule has 140 valence electrons. The van der Waals surface area contributed by atoms with Crippen molar-refractivity contribution < 1.29 is 13.5 Å². The fraction of sp³-hybridized carbons (Fsp3) is 0.316. The van der Waals surface area contributed by atoms with Gasteiger partial charge >= 0.3 is 0 Å². The third kappa shape index (κ3) is 3.95. The third-order valence-corrected chi connectivity index (χ3v) is 4.72. The van der Waals surface area contributed by atoms with Gasteiger partial charge < -0.3 is 10.1 Å². The molecule has 0 bridgehead atoms. The zero-order valence-electron chi connectivity index (χ0n) is 14.6. The Morgan fingerprint density at radius 2 is 1.74 bits per heavy atom. The van der Waals surface area contributed by atoms with Crippen LogP contribution in [0.25, 0.3) is 22.5 Å². The van der Waals surface area contributed by atoms with E-state index < -0.39 is 11.6 Å². The molecule has 8 heteroatoms. The van der Waals surface area contributed by atoms with Crippen molar-refractivity contribution in [1.82, 2.24) is 25.9 Å². The molecule has 1 aliphatic rings. The average Bonchev–Trinajstić information content (AvgIpc) is 3.23. The quantitative estimate of drug-likeness (QED) is 0.720. The molecule has 1 saturated heterocycles. The first-order valence-corrected chi connectivity index (χ1v) is 8.87. The van der Waals surface area contributed by atoms with Crippen molar-refractivity contribution in [1.29, 1.82) is 0 Å². The Balaban J connectivity index is 1.55. The fourth-order valence-corrected chi connectivity index (χ4v) is 3.24. The van der Waals surface area contributed by atoms with Gasteiger partial charge in [0, 0.05) is 5.56 Å². The number of hydrogen-bond acceptors (Lipinski definition) is 5. The zero-order valence-corrected chi connectivity index (χ0v) is 14.6. The van der Waals surface area contributed by atoms with Gasteiger partial charge in [0.2, 0.25) is 5.82 Å². The topological polar surface area (TPSA) is 75.7 Å². The van der Waals surface area contributed by atoms with Crippen LogP contribution in [0.3, 0.4) is 0 Å². The number of halogens is 2. The lowest BCUT2D eigenvalue weighted by molar-refractivity contribution is 0.201. The Hall–Kier alpha value is -2.87. The number of tetrazole rings is 1. The van der Waals surface area contributed by atoms with Crippen molar-refractivity contribution >= 4 is 0 Å². The summed E-state index contributed by atoms with van der Waals surface area (Å²) in [5.74, 6) is -0.990. The van der Waals surface area contributed by atoms with Crippen LogP contribution >= 0.6 is 0 Å². The van der Waals surface area contributed by atoms with Gasteiger partial charge in [0.25, 0.3) is 0 Å². The Morgan fingerprint density at radius 1 is 1.00 bits per heavy atom. The maximum Gasteiger partial charge on any atom is 0.204 e. The summed E-state index contributed by atoms with van der Waals surface area (Å²) in [7, 11) is 0. The second kappa shape index (κ2) is 7.79. The van der Waals surface area contributed by atoms with E-state index in [1.165, 1.54) is 12.1 Å². The molecule has 1 fully saturated rings. The molecule has 0 amide bonds. The maximum atomic E-state index is 14.5. The third-order valence-electron chi connectivity index (χ3n) is 4.72. The minimum Gasteiger partial charge on any atom is -0.487 e. The molecule has 1 aromatic heterocycles. The SMILES string of the molecule is Fc1cc(-c2cccc(-c3nn[nH]n3)c2)cc(F)c1OCC1CCNCC1. The second-order valence-corrected chi connectivity index (χ2v) is 6.59. The van der Waals surface area contributed by atoms with E-state index in [-0.39, 0.29) is 5.75 Å². The number of nitrogens with one attached hydrogen (secondary N) is 2. The molecule has 6 nitrogen and oxygen atoms in total. The molecule has 2 heterocycles. The second-order valence-electron chi connectivity index (χ2n) is 6.59. The van der Waals surface area contributed by atoms with Crippen LogP contribution < -0.4 is 10.1 Å². The van der Waals surface area contributed by atoms with Crippen LogP contribution in [0.15, 0.2) is 36.4 Å². The van der Waals surface area contributed by atoms with E-state index in [9.17, 15) is 8.78 Å². The number of piperidine rings is 1. The highest BCUT2D eigenvalue weighted by molar-refractivity contribution is 5.70. The van der Waals surface area contributed by atoms with Gasteiger partial charge in [0.15, 0.2) is 17.4 Å². The van der Waals surface area contributed by atoms with Crippen molar-refractivity contribution in [2.75, 3.05) is 19.7 Å². The Kier molecular flexibility index (Phi) is 5.06. The molecule has 0 atom stereocenters. The molecule has 0 radical (unpaired) electrons. The first-order valence-electron chi connectivity index (χ1n) is 8.87. The van der Waals surface area contributed by atoms with E-state index in [1.54, 1.807) is 24.3 Å². The normalized spacial score (nSPS) is 15.0. The fourth-order valence-electron chi connectivity index (χ4n) is 3.24. The molecular weight excluding hydrogens is 352 g/mol. The van der Waals surface area contributed by atoms with Gasteiger partial charge in [-0.15, -0.1) is 10.2 Å². The van der Waals surface area contributed by atoms with Gasteiger partial charge in [-0.1, -0.05) is 18.2 Å². The number of aromatic amines is 1. The standard InChI is InChI=1S/C19H19F2N5O/c20-16-9-15(13-2-1-3-14(8-13)19-23-25-26-24-19)10-17(21)18(16)27-11-12-4-6-22-7-5-12/h1-3,8-10,12,22H,4-7,11H2,(H,23,24,25,26). The number of ether oxygens (including phenoxy) is 1. The van der Waals surface area contributed by atoms with E-state index in [1.807, 2.05) is 0 Å². The highest BCUT2D eigenvalue weighted by atomic mass is 19.1. The molecule has 4 rings (SSSR count). The Morgan fingerprint density at radius 3 is 2.44 bits per heavy atom. The summed E-state index contributed by atoms with van der Waals surface area (Å²) in [6.07, 6.45) is 1.90. The van der Waals surface area contributed by atoms with Crippen molar-refractivity contribution in [3.63, 3.8) is 0 Å². The summed E-state index contributed by atoms with van der Waals surface area (Å²) >= 11 is 0. The van der Waals surface area contributed by atoms with Crippen LogP contribution in [0.5, 0.6) is 5.75 Å². The highest BCUT2D eigenvalue weighted by Gasteiger charge is 2.18. The highest BCUT2D eigenvalue weighted by Crippen LogP contribution is 2.31. The number of nitrogens with zero attached hydrogens (tertiary/aromatic N) is 3. The predicted molar refractivity (Wildman–Crippen MR) is 96.1 cm³/mol. The van der Waals surface area contributed by atoms with Crippen molar-refractivity contribution in [3.8, 4) is 28.3 Å². The minimum absolute atomic E-state index is 0.313. The molecule has 3 aromatic rings. The van der Waals surface area contributed by atoms with Crippen LogP contribution in [-0.4, -0.2) is 40.3 Å².